The van der Waals surface area contributed by atoms with Crippen molar-refractivity contribution in [2.45, 2.75) is 12.3 Å². The van der Waals surface area contributed by atoms with Gasteiger partial charge in [-0.2, -0.15) is 30.6 Å². The van der Waals surface area contributed by atoms with Crippen LogP contribution in [0.4, 0.5) is 5.69 Å². The summed E-state index contributed by atoms with van der Waals surface area (Å²) in [6.07, 6.45) is 13.0. The number of hydrogen-bond donors (Lipinski definition) is 0. The van der Waals surface area contributed by atoms with E-state index in [1.807, 2.05) is 281 Å². The molecule has 25 rings (SSSR count). The van der Waals surface area contributed by atoms with Crippen LogP contribution in [0.25, 0.3) is 174 Å². The number of nitro groups is 1. The quantitative estimate of drug-likeness (QED) is 0.0555. The minimum atomic E-state index is -0.605. The summed E-state index contributed by atoms with van der Waals surface area (Å²) in [6, 6.07) is 146. The minimum Gasteiger partial charge on any atom is -0.344 e. The summed E-state index contributed by atoms with van der Waals surface area (Å²) in [6.45, 7) is 2.05. The molecular weight excluding hydrogens is 2310 g/mol. The van der Waals surface area contributed by atoms with E-state index in [0.717, 1.165) is 101 Å². The number of benzene rings is 13. The second-order valence-corrected chi connectivity index (χ2v) is 32.0. The molecule has 0 amide bonds. The Hall–Kier alpha value is -17.5. The van der Waals surface area contributed by atoms with Gasteiger partial charge in [0.1, 0.15) is 23.3 Å². The maximum atomic E-state index is 10.6. The fourth-order valence-electron chi connectivity index (χ4n) is 16.9. The van der Waals surface area contributed by atoms with Gasteiger partial charge in [-0.1, -0.05) is 241 Å². The van der Waals surface area contributed by atoms with Gasteiger partial charge < -0.3 is 24.1 Å². The number of fused-ring (bicyclic) bond motifs is 9. The monoisotopic (exact) mass is 2390 g/mol. The Morgan fingerprint density at radius 2 is 0.818 bits per heavy atom. The van der Waals surface area contributed by atoms with Gasteiger partial charge in [-0.15, -0.1) is 203 Å². The van der Waals surface area contributed by atoms with Gasteiger partial charge in [0.2, 0.25) is 17.5 Å². The summed E-state index contributed by atoms with van der Waals surface area (Å²) in [5.41, 5.74) is 24.9. The molecule has 1 aliphatic rings. The van der Waals surface area contributed by atoms with E-state index in [2.05, 4.69) is 278 Å². The molecule has 0 bridgehead atoms. The van der Waals surface area contributed by atoms with Gasteiger partial charge in [-0.3, -0.25) is 20.1 Å². The minimum absolute atomic E-state index is 0. The Morgan fingerprint density at radius 3 is 1.36 bits per heavy atom. The topological polar surface area (TPSA) is 285 Å². The summed E-state index contributed by atoms with van der Waals surface area (Å²) in [7, 11) is 2.13. The maximum absolute atomic E-state index is 10.6. The summed E-state index contributed by atoms with van der Waals surface area (Å²) >= 11 is 0. The normalized spacial score (nSPS) is 11.8. The second-order valence-electron chi connectivity index (χ2n) is 32.0. The maximum Gasteiger partial charge on any atom is 0.201 e. The average molecular weight is 2390 g/mol. The molecule has 11 aromatic heterocycles. The molecule has 1 unspecified atom stereocenters. The van der Waals surface area contributed by atoms with E-state index in [4.69, 9.17) is 4.98 Å². The van der Waals surface area contributed by atoms with Gasteiger partial charge in [0.05, 0.1) is 11.1 Å². The van der Waals surface area contributed by atoms with Crippen molar-refractivity contribution in [1.29, 1.82) is 0 Å². The van der Waals surface area contributed by atoms with Crippen LogP contribution in [0.1, 0.15) is 27.9 Å². The smallest absolute Gasteiger partial charge is 0.201 e. The summed E-state index contributed by atoms with van der Waals surface area (Å²) in [5, 5.41) is 64.1. The van der Waals surface area contributed by atoms with Crippen LogP contribution in [-0.2, 0) is 72.8 Å². The number of nitro benzene ring substituents is 1. The van der Waals surface area contributed by atoms with Crippen molar-refractivity contribution in [3.8, 4) is 130 Å². The van der Waals surface area contributed by atoms with Crippen LogP contribution in [0.15, 0.2) is 432 Å². The number of nitrogens with zero attached hydrogens (tertiary/aromatic N) is 21. The zero-order valence-electron chi connectivity index (χ0n) is 76.2. The number of aromatic nitrogens is 20. The first-order valence-corrected chi connectivity index (χ1v) is 44.7. The third-order valence-corrected chi connectivity index (χ3v) is 23.4. The third kappa shape index (κ3) is 21.3. The van der Waals surface area contributed by atoms with Crippen LogP contribution in [0.3, 0.4) is 0 Å². The first-order chi connectivity index (χ1) is 69.1. The Balaban J connectivity index is 0.000000119. The zero-order valence-corrected chi connectivity index (χ0v) is 83.4. The van der Waals surface area contributed by atoms with Crippen molar-refractivity contribution in [3.63, 3.8) is 0 Å². The largest absolute Gasteiger partial charge is 0.344 e. The number of para-hydroxylation sites is 2. The Kier molecular flexibility index (Phi) is 31.2. The van der Waals surface area contributed by atoms with E-state index in [9.17, 15) is 10.1 Å². The van der Waals surface area contributed by atoms with Crippen LogP contribution in [0.5, 0.6) is 0 Å². The number of pyridine rings is 6. The van der Waals surface area contributed by atoms with E-state index in [-0.39, 0.29) is 71.8 Å². The third-order valence-electron chi connectivity index (χ3n) is 23.4. The standard InChI is InChI=1S/C28H18N3.C24H17N2.C23H16N3.C14H8N5O2.2C14H9N4.3Ir/c1-2-13-24-21(10-1)22-11-7-12-23(25-14-3-5-17-30-25)27(22)28(24,20-9-8-16-29-19-20)26-15-4-6-18-31-26;1-26-23-11-3-2-9-20(23)21-16-18(12-13-24(21)26)17-7-6-8-19(15-17)22-10-4-5-14-25-22;1-16-12-13-20(25-15-16)19-9-6-8-18-17-7-2-3-10-21(17)26(23(18)19)22-11-4-5-14-24-22;20-19(21)12-8-6-11(7-9-12)14-17-15-13(16-18-14)10-4-2-1-3-5-10;2*1-3-7-11(8-4-1)13-15-17-14(18-16-13)12-9-5-2-6-10-12;;;/h1-11,13-19H;2-7,9-16H,1H3;2-8,10-15H,1H3;1-6,8-9H;2*1-9H;;;/q6*-1;;;. The Morgan fingerprint density at radius 1 is 0.322 bits per heavy atom. The SMILES string of the molecule is Cc1ccc(-c2[c-]ccc3c4ccccc4n(-c4ccccn4)c23)nc1.Cn1c2ccccc2c2cc(-c3cc[c-]c(-c4ccccn4)c3)ccc21.O=[N+]([O-])c1c[c-]c(-c2nnc(-c3ccccc3)nn2)cc1.[Ir].[Ir].[Ir].[c-]1ccc2c(c1-c1ccccn1)C(c1cccnc1)(c1ccccn1)c1ccccc1-2.[c-]1ccccc1-c1nnc(-c2ccccc2)nn1.[c-]1ccccc1-c1nnc(-c2ccccc2)nn1. The number of non-ortho nitro benzene ring substituents is 1. The van der Waals surface area contributed by atoms with Crippen molar-refractivity contribution < 1.29 is 65.2 Å². The molecule has 24 aromatic rings. The predicted octanol–water partition coefficient (Wildman–Crippen LogP) is 24.0. The van der Waals surface area contributed by atoms with E-state index in [1.165, 1.54) is 78.6 Å². The molecule has 143 heavy (non-hydrogen) atoms. The average Bonchev–Trinajstić information content (AvgIpc) is 1.53. The van der Waals surface area contributed by atoms with Crippen LogP contribution >= 0.6 is 0 Å². The molecule has 0 fully saturated rings. The molecule has 26 heteroatoms. The first-order valence-electron chi connectivity index (χ1n) is 44.7. The molecule has 0 saturated heterocycles. The molecule has 23 nitrogen and oxygen atoms in total. The van der Waals surface area contributed by atoms with Crippen molar-refractivity contribution in [2.24, 2.45) is 7.05 Å². The molecule has 0 saturated carbocycles. The van der Waals surface area contributed by atoms with Gasteiger partial charge in [-0.05, 0) is 129 Å². The van der Waals surface area contributed by atoms with Gasteiger partial charge in [0, 0.05) is 160 Å². The van der Waals surface area contributed by atoms with Crippen molar-refractivity contribution in [3.05, 3.63) is 506 Å². The number of hydrogen-bond acceptors (Lipinski definition) is 20. The Labute approximate surface area is 863 Å². The summed E-state index contributed by atoms with van der Waals surface area (Å²) in [5.74, 6) is 3.59. The van der Waals surface area contributed by atoms with Crippen molar-refractivity contribution >= 4 is 49.3 Å². The van der Waals surface area contributed by atoms with Gasteiger partial charge in [0.25, 0.3) is 0 Å². The molecule has 13 aromatic carbocycles. The fraction of sp³-hybridized carbons (Fsp3) is 0.0256. The molecule has 0 aliphatic heterocycles. The molecule has 11 heterocycles. The molecular formula is C117H77Ir3N21O2-6. The molecule has 0 spiro atoms. The van der Waals surface area contributed by atoms with E-state index in [0.29, 0.717) is 34.7 Å². The molecule has 695 valence electrons. The molecule has 1 aliphatic carbocycles. The first kappa shape index (κ1) is 97.2. The number of aryl methyl sites for hydroxylation is 2. The number of rotatable bonds is 14. The summed E-state index contributed by atoms with van der Waals surface area (Å²) < 4.78 is 4.46. The predicted molar refractivity (Wildman–Crippen MR) is 543 cm³/mol. The molecule has 3 radical (unpaired) electrons. The second kappa shape index (κ2) is 45.9. The molecule has 1 atom stereocenters. The van der Waals surface area contributed by atoms with Crippen LogP contribution in [0, 0.1) is 53.4 Å². The van der Waals surface area contributed by atoms with E-state index in [1.54, 1.807) is 0 Å². The van der Waals surface area contributed by atoms with Crippen LogP contribution in [0.2, 0.25) is 0 Å². The van der Waals surface area contributed by atoms with Gasteiger partial charge in [-0.25, -0.2) is 4.98 Å². The fourth-order valence-corrected chi connectivity index (χ4v) is 16.9. The van der Waals surface area contributed by atoms with E-state index < -0.39 is 10.3 Å². The van der Waals surface area contributed by atoms with Gasteiger partial charge >= 0.3 is 0 Å². The molecule has 0 N–H and O–H groups in total. The van der Waals surface area contributed by atoms with E-state index >= 15 is 0 Å². The van der Waals surface area contributed by atoms with Crippen LogP contribution in [-0.4, -0.2) is 105 Å². The zero-order chi connectivity index (χ0) is 94.8. The van der Waals surface area contributed by atoms with Crippen molar-refractivity contribution in [2.75, 3.05) is 0 Å². The Bertz CT molecular complexity index is 8080. The van der Waals surface area contributed by atoms with Gasteiger partial charge in [0.15, 0.2) is 5.69 Å². The summed E-state index contributed by atoms with van der Waals surface area (Å²) in [4.78, 5) is 37.8. The van der Waals surface area contributed by atoms with Crippen molar-refractivity contribution in [1.82, 2.24) is 100 Å². The van der Waals surface area contributed by atoms with Crippen LogP contribution < -0.4 is 0 Å².